The minimum atomic E-state index is 0.807. The van der Waals surface area contributed by atoms with E-state index >= 15 is 0 Å². The average Bonchev–Trinajstić information content (AvgIpc) is 3.12. The van der Waals surface area contributed by atoms with Crippen molar-refractivity contribution in [2.75, 3.05) is 6.54 Å². The summed E-state index contributed by atoms with van der Waals surface area (Å²) in [4.78, 5) is 0. The van der Waals surface area contributed by atoms with Gasteiger partial charge in [-0.15, -0.1) is 5.10 Å². The molecule has 2 aliphatic carbocycles. The fraction of sp³-hybridized carbons (Fsp3) is 0.857. The molecule has 0 radical (unpaired) electrons. The van der Waals surface area contributed by atoms with Gasteiger partial charge in [-0.1, -0.05) is 18.1 Å². The summed E-state index contributed by atoms with van der Waals surface area (Å²) in [5.41, 5.74) is 1.17. The van der Waals surface area contributed by atoms with Gasteiger partial charge < -0.3 is 5.32 Å². The summed E-state index contributed by atoms with van der Waals surface area (Å²) in [5.74, 6) is 1.66. The van der Waals surface area contributed by atoms with Crippen LogP contribution in [0.2, 0.25) is 0 Å². The average molecular weight is 248 g/mol. The fourth-order valence-corrected chi connectivity index (χ4v) is 3.18. The van der Waals surface area contributed by atoms with Crippen molar-refractivity contribution in [3.63, 3.8) is 0 Å². The van der Waals surface area contributed by atoms with Crippen molar-refractivity contribution in [3.8, 4) is 0 Å². The monoisotopic (exact) mass is 248 g/mol. The predicted molar refractivity (Wildman–Crippen MR) is 71.2 cm³/mol. The number of aromatic nitrogens is 3. The first-order valence-corrected chi connectivity index (χ1v) is 7.40. The first-order valence-electron chi connectivity index (χ1n) is 7.40. The predicted octanol–water partition coefficient (Wildman–Crippen LogP) is 1.92. The van der Waals surface area contributed by atoms with Crippen molar-refractivity contribution < 1.29 is 0 Å². The second kappa shape index (κ2) is 5.39. The normalized spacial score (nSPS) is 28.5. The Morgan fingerprint density at radius 2 is 2.00 bits per heavy atom. The van der Waals surface area contributed by atoms with Gasteiger partial charge in [0.2, 0.25) is 0 Å². The minimum Gasteiger partial charge on any atom is -0.314 e. The lowest BCUT2D eigenvalue weighted by Gasteiger charge is -2.31. The Labute approximate surface area is 109 Å². The highest BCUT2D eigenvalue weighted by atomic mass is 15.4. The maximum atomic E-state index is 4.24. The molecule has 100 valence electrons. The van der Waals surface area contributed by atoms with Gasteiger partial charge in [0.1, 0.15) is 0 Å². The first kappa shape index (κ1) is 12.2. The molecule has 4 heteroatoms. The SMILES string of the molecule is Cn1cc(CC2CCCCC2CNC2CC2)nn1. The van der Waals surface area contributed by atoms with Gasteiger partial charge in [-0.05, 0) is 50.5 Å². The number of nitrogens with zero attached hydrogens (tertiary/aromatic N) is 3. The van der Waals surface area contributed by atoms with Gasteiger partial charge in [0.05, 0.1) is 5.69 Å². The number of hydrogen-bond donors (Lipinski definition) is 1. The van der Waals surface area contributed by atoms with Gasteiger partial charge in [0.25, 0.3) is 0 Å². The second-order valence-electron chi connectivity index (χ2n) is 6.07. The highest BCUT2D eigenvalue weighted by Crippen LogP contribution is 2.32. The Hall–Kier alpha value is -0.900. The quantitative estimate of drug-likeness (QED) is 0.865. The van der Waals surface area contributed by atoms with Crippen LogP contribution in [-0.2, 0) is 13.5 Å². The summed E-state index contributed by atoms with van der Waals surface area (Å²) in [6.45, 7) is 1.22. The smallest absolute Gasteiger partial charge is 0.0829 e. The topological polar surface area (TPSA) is 42.7 Å². The number of nitrogens with one attached hydrogen (secondary N) is 1. The molecular weight excluding hydrogens is 224 g/mol. The van der Waals surface area contributed by atoms with E-state index in [9.17, 15) is 0 Å². The second-order valence-corrected chi connectivity index (χ2v) is 6.07. The summed E-state index contributed by atoms with van der Waals surface area (Å²) >= 11 is 0. The maximum Gasteiger partial charge on any atom is 0.0829 e. The molecule has 0 aliphatic heterocycles. The Bertz CT molecular complexity index is 383. The number of hydrogen-bond acceptors (Lipinski definition) is 3. The highest BCUT2D eigenvalue weighted by molar-refractivity contribution is 4.96. The van der Waals surface area contributed by atoms with Crippen molar-refractivity contribution in [2.24, 2.45) is 18.9 Å². The van der Waals surface area contributed by atoms with Gasteiger partial charge in [-0.25, -0.2) is 0 Å². The number of rotatable bonds is 5. The largest absolute Gasteiger partial charge is 0.314 e. The van der Waals surface area contributed by atoms with Crippen molar-refractivity contribution in [1.82, 2.24) is 20.3 Å². The zero-order chi connectivity index (χ0) is 12.4. The molecular formula is C14H24N4. The third-order valence-corrected chi connectivity index (χ3v) is 4.43. The van der Waals surface area contributed by atoms with Crippen LogP contribution in [0.25, 0.3) is 0 Å². The van der Waals surface area contributed by atoms with Crippen LogP contribution in [-0.4, -0.2) is 27.6 Å². The standard InChI is InChI=1S/C14H24N4/c1-18-10-14(16-17-18)8-11-4-2-3-5-12(11)9-15-13-6-7-13/h10-13,15H,2-9H2,1H3. The van der Waals surface area contributed by atoms with Crippen molar-refractivity contribution in [1.29, 1.82) is 0 Å². The van der Waals surface area contributed by atoms with E-state index in [0.717, 1.165) is 24.3 Å². The summed E-state index contributed by atoms with van der Waals surface area (Å²) < 4.78 is 1.82. The van der Waals surface area contributed by atoms with Crippen LogP contribution in [0.15, 0.2) is 6.20 Å². The molecule has 2 unspecified atom stereocenters. The van der Waals surface area contributed by atoms with Gasteiger partial charge in [-0.3, -0.25) is 4.68 Å². The van der Waals surface area contributed by atoms with Crippen molar-refractivity contribution >= 4 is 0 Å². The van der Waals surface area contributed by atoms with Crippen LogP contribution in [0.1, 0.15) is 44.2 Å². The van der Waals surface area contributed by atoms with Crippen LogP contribution < -0.4 is 5.32 Å². The lowest BCUT2D eigenvalue weighted by Crippen LogP contribution is -2.32. The molecule has 0 amide bonds. The maximum absolute atomic E-state index is 4.24. The van der Waals surface area contributed by atoms with Gasteiger partial charge >= 0.3 is 0 Å². The van der Waals surface area contributed by atoms with Crippen LogP contribution >= 0.6 is 0 Å². The van der Waals surface area contributed by atoms with E-state index < -0.39 is 0 Å². The first-order chi connectivity index (χ1) is 8.81. The molecule has 0 aromatic carbocycles. The Kier molecular flexibility index (Phi) is 3.64. The summed E-state index contributed by atoms with van der Waals surface area (Å²) in [6, 6.07) is 0.837. The van der Waals surface area contributed by atoms with Crippen molar-refractivity contribution in [2.45, 2.75) is 51.0 Å². The molecule has 2 fully saturated rings. The van der Waals surface area contributed by atoms with E-state index in [-0.39, 0.29) is 0 Å². The van der Waals surface area contributed by atoms with Gasteiger partial charge in [0, 0.05) is 19.3 Å². The van der Waals surface area contributed by atoms with Crippen LogP contribution in [0.3, 0.4) is 0 Å². The third-order valence-electron chi connectivity index (χ3n) is 4.43. The molecule has 0 saturated heterocycles. The molecule has 1 aromatic rings. The third kappa shape index (κ3) is 3.10. The molecule has 1 aromatic heterocycles. The molecule has 2 aliphatic rings. The molecule has 2 saturated carbocycles. The van der Waals surface area contributed by atoms with E-state index in [1.165, 1.54) is 50.8 Å². The van der Waals surface area contributed by atoms with E-state index in [2.05, 4.69) is 21.8 Å². The van der Waals surface area contributed by atoms with E-state index in [1.54, 1.807) is 0 Å². The molecule has 1 N–H and O–H groups in total. The van der Waals surface area contributed by atoms with E-state index in [4.69, 9.17) is 0 Å². The minimum absolute atomic E-state index is 0.807. The lowest BCUT2D eigenvalue weighted by molar-refractivity contribution is 0.226. The Balaban J connectivity index is 1.56. The Morgan fingerprint density at radius 3 is 2.67 bits per heavy atom. The molecule has 0 spiro atoms. The van der Waals surface area contributed by atoms with Crippen LogP contribution in [0.5, 0.6) is 0 Å². The molecule has 1 heterocycles. The zero-order valence-electron chi connectivity index (χ0n) is 11.3. The van der Waals surface area contributed by atoms with E-state index in [0.29, 0.717) is 0 Å². The van der Waals surface area contributed by atoms with Gasteiger partial charge in [0.15, 0.2) is 0 Å². The van der Waals surface area contributed by atoms with Gasteiger partial charge in [-0.2, -0.15) is 0 Å². The molecule has 2 atom stereocenters. The van der Waals surface area contributed by atoms with Crippen molar-refractivity contribution in [3.05, 3.63) is 11.9 Å². The number of aryl methyl sites for hydroxylation is 1. The highest BCUT2D eigenvalue weighted by Gasteiger charge is 2.28. The zero-order valence-corrected chi connectivity index (χ0v) is 11.3. The van der Waals surface area contributed by atoms with E-state index in [1.807, 2.05) is 11.7 Å². The van der Waals surface area contributed by atoms with Crippen LogP contribution in [0, 0.1) is 11.8 Å². The van der Waals surface area contributed by atoms with Crippen LogP contribution in [0.4, 0.5) is 0 Å². The molecule has 4 nitrogen and oxygen atoms in total. The summed E-state index contributed by atoms with van der Waals surface area (Å²) in [6.07, 6.45) is 11.5. The summed E-state index contributed by atoms with van der Waals surface area (Å²) in [5, 5.41) is 12.0. The molecule has 3 rings (SSSR count). The fourth-order valence-electron chi connectivity index (χ4n) is 3.18. The lowest BCUT2D eigenvalue weighted by atomic mass is 9.77. The Morgan fingerprint density at radius 1 is 1.22 bits per heavy atom. The molecule has 0 bridgehead atoms. The molecule has 18 heavy (non-hydrogen) atoms. The summed E-state index contributed by atoms with van der Waals surface area (Å²) in [7, 11) is 1.95.